The lowest BCUT2D eigenvalue weighted by atomic mass is 10.1. The van der Waals surface area contributed by atoms with Crippen molar-refractivity contribution in [3.8, 4) is 23.0 Å². The fourth-order valence-corrected chi connectivity index (χ4v) is 2.51. The molecule has 0 amide bonds. The Morgan fingerprint density at radius 2 is 0.846 bits per heavy atom. The molecule has 4 nitrogen and oxygen atoms in total. The lowest BCUT2D eigenvalue weighted by Gasteiger charge is -2.13. The van der Waals surface area contributed by atoms with E-state index in [-0.39, 0.29) is 0 Å². The highest BCUT2D eigenvalue weighted by Gasteiger charge is 2.05. The van der Waals surface area contributed by atoms with E-state index in [4.69, 9.17) is 18.9 Å². The lowest BCUT2D eigenvalue weighted by molar-refractivity contribution is 0.285. The van der Waals surface area contributed by atoms with E-state index in [1.165, 1.54) is 0 Å². The van der Waals surface area contributed by atoms with E-state index in [9.17, 15) is 0 Å². The van der Waals surface area contributed by atoms with Crippen LogP contribution in [0, 0.1) is 0 Å². The molecule has 0 heterocycles. The molecule has 134 valence electrons. The van der Waals surface area contributed by atoms with Crippen LogP contribution >= 0.6 is 0 Å². The largest absolute Gasteiger partial charge is 0.497 e. The molecule has 0 atom stereocenters. The van der Waals surface area contributed by atoms with E-state index in [1.807, 2.05) is 60.7 Å². The van der Waals surface area contributed by atoms with Gasteiger partial charge < -0.3 is 18.9 Å². The van der Waals surface area contributed by atoms with Gasteiger partial charge in [-0.1, -0.05) is 24.3 Å². The third-order valence-electron chi connectivity index (χ3n) is 4.03. The first-order valence-electron chi connectivity index (χ1n) is 8.39. The summed E-state index contributed by atoms with van der Waals surface area (Å²) in [6, 6.07) is 23.2. The second kappa shape index (κ2) is 8.81. The van der Waals surface area contributed by atoms with Gasteiger partial charge in [0, 0.05) is 0 Å². The first-order chi connectivity index (χ1) is 12.8. The van der Waals surface area contributed by atoms with Crippen molar-refractivity contribution in [2.45, 2.75) is 13.2 Å². The second-order valence-electron chi connectivity index (χ2n) is 5.70. The molecule has 26 heavy (non-hydrogen) atoms. The molecule has 0 spiro atoms. The summed E-state index contributed by atoms with van der Waals surface area (Å²) >= 11 is 0. The number of hydrogen-bond donors (Lipinski definition) is 0. The molecule has 3 rings (SSSR count). The third kappa shape index (κ3) is 4.70. The van der Waals surface area contributed by atoms with Gasteiger partial charge in [-0.15, -0.1) is 0 Å². The monoisotopic (exact) mass is 350 g/mol. The normalized spacial score (nSPS) is 10.2. The molecule has 3 aromatic rings. The van der Waals surface area contributed by atoms with E-state index in [0.29, 0.717) is 13.2 Å². The Morgan fingerprint density at radius 1 is 0.500 bits per heavy atom. The summed E-state index contributed by atoms with van der Waals surface area (Å²) in [6.45, 7) is 0.961. The summed E-state index contributed by atoms with van der Waals surface area (Å²) in [5, 5.41) is 0. The van der Waals surface area contributed by atoms with E-state index >= 15 is 0 Å². The minimum atomic E-state index is 0.481. The molecular formula is C22H22O4. The summed E-state index contributed by atoms with van der Waals surface area (Å²) in [5.74, 6) is 3.23. The van der Waals surface area contributed by atoms with Crippen LogP contribution in [0.3, 0.4) is 0 Å². The fraction of sp³-hybridized carbons (Fsp3) is 0.182. The summed E-state index contributed by atoms with van der Waals surface area (Å²) < 4.78 is 22.1. The average Bonchev–Trinajstić information content (AvgIpc) is 2.72. The molecule has 0 N–H and O–H groups in total. The van der Waals surface area contributed by atoms with E-state index in [2.05, 4.69) is 12.1 Å². The van der Waals surface area contributed by atoms with Crippen LogP contribution in [-0.4, -0.2) is 14.2 Å². The maximum atomic E-state index is 5.89. The summed E-state index contributed by atoms with van der Waals surface area (Å²) in [6.07, 6.45) is 0. The molecule has 0 aliphatic rings. The molecule has 4 heteroatoms. The lowest BCUT2D eigenvalue weighted by Crippen LogP contribution is -2.03. The van der Waals surface area contributed by atoms with Gasteiger partial charge >= 0.3 is 0 Å². The molecule has 0 saturated heterocycles. The number of ether oxygens (including phenoxy) is 4. The molecule has 0 aliphatic heterocycles. The van der Waals surface area contributed by atoms with Crippen molar-refractivity contribution in [2.24, 2.45) is 0 Å². The smallest absolute Gasteiger partial charge is 0.120 e. The Hall–Kier alpha value is -3.14. The molecule has 0 aromatic heterocycles. The Labute approximate surface area is 153 Å². The minimum absolute atomic E-state index is 0.481. The van der Waals surface area contributed by atoms with Crippen molar-refractivity contribution in [3.05, 3.63) is 83.9 Å². The van der Waals surface area contributed by atoms with Gasteiger partial charge in [0.15, 0.2) is 0 Å². The van der Waals surface area contributed by atoms with Gasteiger partial charge in [-0.05, 0) is 59.7 Å². The van der Waals surface area contributed by atoms with Crippen molar-refractivity contribution < 1.29 is 18.9 Å². The Morgan fingerprint density at radius 3 is 1.19 bits per heavy atom. The van der Waals surface area contributed by atoms with Gasteiger partial charge in [-0.25, -0.2) is 0 Å². The molecular weight excluding hydrogens is 328 g/mol. The SMILES string of the molecule is COc1ccc(OCc2ccccc2COc2ccc(OC)cc2)cc1. The van der Waals surface area contributed by atoms with Crippen LogP contribution in [0.2, 0.25) is 0 Å². The second-order valence-corrected chi connectivity index (χ2v) is 5.70. The first kappa shape index (κ1) is 17.7. The maximum absolute atomic E-state index is 5.89. The molecule has 0 radical (unpaired) electrons. The van der Waals surface area contributed by atoms with Gasteiger partial charge in [-0.2, -0.15) is 0 Å². The third-order valence-corrected chi connectivity index (χ3v) is 4.03. The Bertz CT molecular complexity index is 740. The van der Waals surface area contributed by atoms with Crippen molar-refractivity contribution in [1.29, 1.82) is 0 Å². The first-order valence-corrected chi connectivity index (χ1v) is 8.39. The van der Waals surface area contributed by atoms with E-state index < -0.39 is 0 Å². The molecule has 3 aromatic carbocycles. The van der Waals surface area contributed by atoms with Crippen LogP contribution < -0.4 is 18.9 Å². The zero-order chi connectivity index (χ0) is 18.2. The fourth-order valence-electron chi connectivity index (χ4n) is 2.51. The van der Waals surface area contributed by atoms with Crippen LogP contribution in [0.15, 0.2) is 72.8 Å². The van der Waals surface area contributed by atoms with Crippen LogP contribution in [0.25, 0.3) is 0 Å². The standard InChI is InChI=1S/C22H22O4/c1-23-19-7-11-21(12-8-19)25-15-17-5-3-4-6-18(17)16-26-22-13-9-20(24-2)10-14-22/h3-14H,15-16H2,1-2H3. The maximum Gasteiger partial charge on any atom is 0.120 e. The predicted octanol–water partition coefficient (Wildman–Crippen LogP) is 4.86. The Kier molecular flexibility index (Phi) is 5.99. The number of methoxy groups -OCH3 is 2. The van der Waals surface area contributed by atoms with Gasteiger partial charge in [0.05, 0.1) is 14.2 Å². The van der Waals surface area contributed by atoms with E-state index in [0.717, 1.165) is 34.1 Å². The van der Waals surface area contributed by atoms with Crippen molar-refractivity contribution >= 4 is 0 Å². The summed E-state index contributed by atoms with van der Waals surface area (Å²) in [5.41, 5.74) is 2.19. The van der Waals surface area contributed by atoms with Crippen molar-refractivity contribution in [2.75, 3.05) is 14.2 Å². The van der Waals surface area contributed by atoms with Crippen LogP contribution in [-0.2, 0) is 13.2 Å². The van der Waals surface area contributed by atoms with Gasteiger partial charge in [0.1, 0.15) is 36.2 Å². The quantitative estimate of drug-likeness (QED) is 0.581. The molecule has 0 fully saturated rings. The van der Waals surface area contributed by atoms with Crippen LogP contribution in [0.1, 0.15) is 11.1 Å². The summed E-state index contributed by atoms with van der Waals surface area (Å²) in [7, 11) is 3.30. The van der Waals surface area contributed by atoms with Gasteiger partial charge in [0.25, 0.3) is 0 Å². The topological polar surface area (TPSA) is 36.9 Å². The Balaban J connectivity index is 1.61. The van der Waals surface area contributed by atoms with Crippen molar-refractivity contribution in [3.63, 3.8) is 0 Å². The van der Waals surface area contributed by atoms with Crippen LogP contribution in [0.4, 0.5) is 0 Å². The molecule has 0 bridgehead atoms. The molecule has 0 unspecified atom stereocenters. The number of rotatable bonds is 8. The van der Waals surface area contributed by atoms with Gasteiger partial charge in [-0.3, -0.25) is 0 Å². The van der Waals surface area contributed by atoms with Gasteiger partial charge in [0.2, 0.25) is 0 Å². The number of hydrogen-bond acceptors (Lipinski definition) is 4. The zero-order valence-electron chi connectivity index (χ0n) is 15.0. The zero-order valence-corrected chi connectivity index (χ0v) is 15.0. The van der Waals surface area contributed by atoms with E-state index in [1.54, 1.807) is 14.2 Å². The average molecular weight is 350 g/mol. The summed E-state index contributed by atoms with van der Waals surface area (Å²) in [4.78, 5) is 0. The molecule has 0 saturated carbocycles. The highest BCUT2D eigenvalue weighted by Crippen LogP contribution is 2.21. The highest BCUT2D eigenvalue weighted by molar-refractivity contribution is 5.33. The highest BCUT2D eigenvalue weighted by atomic mass is 16.5. The number of benzene rings is 3. The minimum Gasteiger partial charge on any atom is -0.497 e. The van der Waals surface area contributed by atoms with Crippen LogP contribution in [0.5, 0.6) is 23.0 Å². The van der Waals surface area contributed by atoms with Crippen molar-refractivity contribution in [1.82, 2.24) is 0 Å². The predicted molar refractivity (Wildman–Crippen MR) is 101 cm³/mol. The molecule has 0 aliphatic carbocycles.